The topological polar surface area (TPSA) is 81.9 Å². The summed E-state index contributed by atoms with van der Waals surface area (Å²) in [6, 6.07) is 0. The Hall–Kier alpha value is -1.76. The van der Waals surface area contributed by atoms with Crippen LogP contribution in [0.3, 0.4) is 0 Å². The molecule has 7 heteroatoms. The smallest absolute Gasteiger partial charge is 0.410 e. The Morgan fingerprint density at radius 2 is 2.00 bits per heavy atom. The van der Waals surface area contributed by atoms with E-state index in [1.807, 2.05) is 20.8 Å². The second-order valence-corrected chi connectivity index (χ2v) is 7.89. The van der Waals surface area contributed by atoms with Gasteiger partial charge in [0.2, 0.25) is 0 Å². The third-order valence-corrected chi connectivity index (χ3v) is 4.50. The molecule has 1 aromatic rings. The molecular weight excluding hydrogens is 316 g/mol. The van der Waals surface area contributed by atoms with Crippen LogP contribution >= 0.6 is 11.3 Å². The molecule has 1 aliphatic rings. The van der Waals surface area contributed by atoms with Crippen molar-refractivity contribution in [1.82, 2.24) is 4.90 Å². The van der Waals surface area contributed by atoms with Gasteiger partial charge >= 0.3 is 12.1 Å². The molecule has 0 fully saturated rings. The predicted octanol–water partition coefficient (Wildman–Crippen LogP) is 3.05. The monoisotopic (exact) mass is 340 g/mol. The van der Waals surface area contributed by atoms with E-state index in [2.05, 4.69) is 0 Å². The van der Waals surface area contributed by atoms with E-state index in [4.69, 9.17) is 15.2 Å². The number of nitrogens with zero attached hydrogens (tertiary/aromatic N) is 1. The van der Waals surface area contributed by atoms with Crippen molar-refractivity contribution in [2.45, 2.75) is 40.7 Å². The lowest BCUT2D eigenvalue weighted by Crippen LogP contribution is -2.37. The summed E-state index contributed by atoms with van der Waals surface area (Å²) in [6.45, 7) is 9.43. The molecule has 0 bridgehead atoms. The Kier molecular flexibility index (Phi) is 5.19. The Labute approximate surface area is 140 Å². The lowest BCUT2D eigenvalue weighted by molar-refractivity contribution is 0.0525. The zero-order valence-electron chi connectivity index (χ0n) is 14.1. The molecule has 0 aromatic carbocycles. The van der Waals surface area contributed by atoms with E-state index in [0.29, 0.717) is 43.3 Å². The number of nitrogens with two attached hydrogens (primary N) is 1. The number of thiophene rings is 1. The summed E-state index contributed by atoms with van der Waals surface area (Å²) in [6.07, 6.45) is 0.261. The molecule has 2 heterocycles. The zero-order valence-corrected chi connectivity index (χ0v) is 14.9. The van der Waals surface area contributed by atoms with Crippen LogP contribution in [0.4, 0.5) is 9.80 Å². The van der Waals surface area contributed by atoms with Gasteiger partial charge in [-0.3, -0.25) is 0 Å². The van der Waals surface area contributed by atoms with Crippen molar-refractivity contribution in [2.24, 2.45) is 5.41 Å². The van der Waals surface area contributed by atoms with Crippen molar-refractivity contribution in [2.75, 3.05) is 25.5 Å². The van der Waals surface area contributed by atoms with Gasteiger partial charge in [0.15, 0.2) is 0 Å². The van der Waals surface area contributed by atoms with Crippen LogP contribution in [0, 0.1) is 5.41 Å². The number of carbonyl (C=O) groups excluding carboxylic acids is 2. The van der Waals surface area contributed by atoms with Gasteiger partial charge in [0.1, 0.15) is 5.00 Å². The molecule has 128 valence electrons. The molecule has 1 amide bonds. The average molecular weight is 340 g/mol. The first kappa shape index (κ1) is 17.6. The number of amides is 1. The normalized spacial score (nSPS) is 14.3. The van der Waals surface area contributed by atoms with Gasteiger partial charge in [-0.1, -0.05) is 20.8 Å². The minimum absolute atomic E-state index is 0.0684. The van der Waals surface area contributed by atoms with Gasteiger partial charge in [-0.15, -0.1) is 11.3 Å². The summed E-state index contributed by atoms with van der Waals surface area (Å²) in [5.41, 5.74) is 7.28. The molecule has 1 aliphatic heterocycles. The molecule has 1 aromatic heterocycles. The molecule has 23 heavy (non-hydrogen) atoms. The number of rotatable bonds is 3. The highest BCUT2D eigenvalue weighted by molar-refractivity contribution is 7.16. The number of ether oxygens (including phenoxy) is 2. The summed E-state index contributed by atoms with van der Waals surface area (Å²) >= 11 is 1.34. The Balaban J connectivity index is 2.09. The predicted molar refractivity (Wildman–Crippen MR) is 89.6 cm³/mol. The van der Waals surface area contributed by atoms with Gasteiger partial charge < -0.3 is 20.1 Å². The fraction of sp³-hybridized carbons (Fsp3) is 0.625. The lowest BCUT2D eigenvalue weighted by Gasteiger charge is -2.28. The zero-order chi connectivity index (χ0) is 17.2. The van der Waals surface area contributed by atoms with E-state index < -0.39 is 0 Å². The Morgan fingerprint density at radius 3 is 2.61 bits per heavy atom. The molecule has 0 saturated heterocycles. The number of hydrogen-bond donors (Lipinski definition) is 1. The SMILES string of the molecule is CCOC(=O)c1c(N)sc2c1CCN(C(=O)OCC(C)(C)C)C2. The second kappa shape index (κ2) is 6.78. The van der Waals surface area contributed by atoms with Crippen molar-refractivity contribution in [3.63, 3.8) is 0 Å². The van der Waals surface area contributed by atoms with Gasteiger partial charge in [-0.05, 0) is 24.3 Å². The van der Waals surface area contributed by atoms with Crippen LogP contribution in [0.2, 0.25) is 0 Å². The van der Waals surface area contributed by atoms with Crippen molar-refractivity contribution in [3.8, 4) is 0 Å². The minimum Gasteiger partial charge on any atom is -0.462 e. The van der Waals surface area contributed by atoms with Crippen molar-refractivity contribution in [3.05, 3.63) is 16.0 Å². The number of carbonyl (C=O) groups is 2. The van der Waals surface area contributed by atoms with Gasteiger partial charge in [0.05, 0.1) is 25.3 Å². The van der Waals surface area contributed by atoms with E-state index in [9.17, 15) is 9.59 Å². The number of anilines is 1. The van der Waals surface area contributed by atoms with E-state index in [-0.39, 0.29) is 17.5 Å². The number of esters is 1. The van der Waals surface area contributed by atoms with Crippen molar-refractivity contribution < 1.29 is 19.1 Å². The van der Waals surface area contributed by atoms with Crippen molar-refractivity contribution >= 4 is 28.4 Å². The minimum atomic E-state index is -0.383. The molecule has 0 atom stereocenters. The molecule has 0 aliphatic carbocycles. The van der Waals surface area contributed by atoms with E-state index in [1.165, 1.54) is 11.3 Å². The van der Waals surface area contributed by atoms with E-state index >= 15 is 0 Å². The molecule has 0 radical (unpaired) electrons. The highest BCUT2D eigenvalue weighted by Crippen LogP contribution is 2.35. The second-order valence-electron chi connectivity index (χ2n) is 6.75. The third-order valence-electron chi connectivity index (χ3n) is 3.45. The van der Waals surface area contributed by atoms with Crippen LogP contribution in [0.1, 0.15) is 48.5 Å². The number of hydrogen-bond acceptors (Lipinski definition) is 6. The van der Waals surface area contributed by atoms with Gasteiger partial charge in [0, 0.05) is 11.4 Å². The molecular formula is C16H24N2O4S. The largest absolute Gasteiger partial charge is 0.462 e. The average Bonchev–Trinajstić information content (AvgIpc) is 2.79. The molecule has 0 saturated carbocycles. The van der Waals surface area contributed by atoms with Crippen LogP contribution in [0.15, 0.2) is 0 Å². The van der Waals surface area contributed by atoms with Gasteiger partial charge in [-0.25, -0.2) is 9.59 Å². The third kappa shape index (κ3) is 4.16. The fourth-order valence-electron chi connectivity index (χ4n) is 2.38. The molecule has 2 N–H and O–H groups in total. The summed E-state index contributed by atoms with van der Waals surface area (Å²) in [4.78, 5) is 26.8. The number of fused-ring (bicyclic) bond motifs is 1. The van der Waals surface area contributed by atoms with E-state index in [0.717, 1.165) is 10.4 Å². The highest BCUT2D eigenvalue weighted by Gasteiger charge is 2.30. The van der Waals surface area contributed by atoms with Crippen LogP contribution in [0.25, 0.3) is 0 Å². The summed E-state index contributed by atoms with van der Waals surface area (Å²) in [5.74, 6) is -0.383. The summed E-state index contributed by atoms with van der Waals surface area (Å²) in [7, 11) is 0. The van der Waals surface area contributed by atoms with E-state index in [1.54, 1.807) is 11.8 Å². The fourth-order valence-corrected chi connectivity index (χ4v) is 3.50. The Bertz CT molecular complexity index is 604. The van der Waals surface area contributed by atoms with Gasteiger partial charge in [0.25, 0.3) is 0 Å². The van der Waals surface area contributed by atoms with Crippen LogP contribution in [-0.2, 0) is 22.4 Å². The molecule has 0 spiro atoms. The van der Waals surface area contributed by atoms with Crippen LogP contribution in [0.5, 0.6) is 0 Å². The summed E-state index contributed by atoms with van der Waals surface area (Å²) in [5, 5.41) is 0.457. The quantitative estimate of drug-likeness (QED) is 0.855. The number of nitrogen functional groups attached to an aromatic ring is 1. The molecule has 0 unspecified atom stereocenters. The first-order valence-electron chi connectivity index (χ1n) is 7.71. The van der Waals surface area contributed by atoms with Crippen LogP contribution < -0.4 is 5.73 Å². The maximum atomic E-state index is 12.2. The first-order chi connectivity index (χ1) is 10.7. The highest BCUT2D eigenvalue weighted by atomic mass is 32.1. The first-order valence-corrected chi connectivity index (χ1v) is 8.53. The maximum absolute atomic E-state index is 12.2. The Morgan fingerprint density at radius 1 is 1.30 bits per heavy atom. The molecule has 2 rings (SSSR count). The summed E-state index contributed by atoms with van der Waals surface area (Å²) < 4.78 is 10.4. The van der Waals surface area contributed by atoms with Gasteiger partial charge in [-0.2, -0.15) is 0 Å². The van der Waals surface area contributed by atoms with Crippen molar-refractivity contribution in [1.29, 1.82) is 0 Å². The molecule has 6 nitrogen and oxygen atoms in total. The van der Waals surface area contributed by atoms with Crippen LogP contribution in [-0.4, -0.2) is 36.7 Å². The standard InChI is InChI=1S/C16H24N2O4S/c1-5-21-14(19)12-10-6-7-18(8-11(10)23-13(12)17)15(20)22-9-16(2,3)4/h5-9,17H2,1-4H3. The maximum Gasteiger partial charge on any atom is 0.410 e. The lowest BCUT2D eigenvalue weighted by atomic mass is 9.99.